The maximum absolute atomic E-state index is 13.9. The molecule has 3 aromatic rings. The first-order chi connectivity index (χ1) is 13.7. The molecule has 1 aromatic heterocycles. The molecule has 2 aliphatic rings. The highest BCUT2D eigenvalue weighted by atomic mass is 19.1. The number of hydrogen-bond donors (Lipinski definition) is 0. The van der Waals surface area contributed by atoms with Gasteiger partial charge in [0.25, 0.3) is 5.91 Å². The zero-order valence-electron chi connectivity index (χ0n) is 15.7. The van der Waals surface area contributed by atoms with Gasteiger partial charge in [0.05, 0.1) is 16.8 Å². The molecule has 0 radical (unpaired) electrons. The molecule has 1 saturated heterocycles. The van der Waals surface area contributed by atoms with Crippen molar-refractivity contribution in [1.29, 1.82) is 0 Å². The number of hydrogen-bond acceptors (Lipinski definition) is 3. The van der Waals surface area contributed by atoms with Crippen LogP contribution < -0.4 is 9.80 Å². The zero-order chi connectivity index (χ0) is 19.1. The number of fused-ring (bicyclic) bond motifs is 2. The van der Waals surface area contributed by atoms with Gasteiger partial charge in [-0.3, -0.25) is 4.79 Å². The number of halogens is 1. The fraction of sp³-hybridized carbons (Fsp3) is 0.304. The number of anilines is 2. The molecule has 4 nitrogen and oxygen atoms in total. The zero-order valence-corrected chi connectivity index (χ0v) is 15.7. The summed E-state index contributed by atoms with van der Waals surface area (Å²) in [6, 6.07) is 14.6. The molecule has 0 saturated carbocycles. The number of para-hydroxylation sites is 1. The third kappa shape index (κ3) is 2.91. The predicted octanol–water partition coefficient (Wildman–Crippen LogP) is 4.57. The molecule has 1 amide bonds. The van der Waals surface area contributed by atoms with Crippen LogP contribution in [0.3, 0.4) is 0 Å². The molecule has 5 heteroatoms. The lowest BCUT2D eigenvalue weighted by molar-refractivity contribution is 0.0985. The van der Waals surface area contributed by atoms with E-state index in [9.17, 15) is 9.18 Å². The molecule has 0 unspecified atom stereocenters. The van der Waals surface area contributed by atoms with E-state index in [0.717, 1.165) is 61.1 Å². The van der Waals surface area contributed by atoms with Crippen LogP contribution in [-0.2, 0) is 6.42 Å². The van der Waals surface area contributed by atoms with E-state index >= 15 is 0 Å². The largest absolute Gasteiger partial charge is 0.356 e. The van der Waals surface area contributed by atoms with Crippen molar-refractivity contribution in [3.8, 4) is 0 Å². The van der Waals surface area contributed by atoms with E-state index < -0.39 is 0 Å². The molecule has 3 heterocycles. The summed E-state index contributed by atoms with van der Waals surface area (Å²) < 4.78 is 13.9. The van der Waals surface area contributed by atoms with Crippen molar-refractivity contribution in [1.82, 2.24) is 4.98 Å². The molecule has 0 aliphatic carbocycles. The van der Waals surface area contributed by atoms with Crippen LogP contribution >= 0.6 is 0 Å². The van der Waals surface area contributed by atoms with Crippen LogP contribution in [0.4, 0.5) is 15.9 Å². The summed E-state index contributed by atoms with van der Waals surface area (Å²) in [5.41, 5.74) is 3.22. The van der Waals surface area contributed by atoms with Gasteiger partial charge in [0.2, 0.25) is 0 Å². The lowest BCUT2D eigenvalue weighted by Crippen LogP contribution is -2.37. The van der Waals surface area contributed by atoms with Gasteiger partial charge in [-0.15, -0.1) is 0 Å². The molecule has 0 spiro atoms. The molecule has 0 N–H and O–H groups in total. The maximum atomic E-state index is 13.9. The van der Waals surface area contributed by atoms with E-state index in [1.807, 2.05) is 30.3 Å². The molecule has 2 aromatic carbocycles. The van der Waals surface area contributed by atoms with E-state index in [2.05, 4.69) is 4.90 Å². The van der Waals surface area contributed by atoms with Gasteiger partial charge < -0.3 is 9.80 Å². The summed E-state index contributed by atoms with van der Waals surface area (Å²) in [6.07, 6.45) is 3.97. The van der Waals surface area contributed by atoms with E-state index in [1.54, 1.807) is 11.0 Å². The third-order valence-electron chi connectivity index (χ3n) is 5.75. The predicted molar refractivity (Wildman–Crippen MR) is 110 cm³/mol. The van der Waals surface area contributed by atoms with Gasteiger partial charge in [-0.2, -0.15) is 0 Å². The number of rotatable bonds is 2. The number of aryl methyl sites for hydroxylation is 1. The van der Waals surface area contributed by atoms with Crippen molar-refractivity contribution in [2.45, 2.75) is 25.7 Å². The number of nitrogens with zero attached hydrogens (tertiary/aromatic N) is 3. The van der Waals surface area contributed by atoms with Crippen molar-refractivity contribution in [3.63, 3.8) is 0 Å². The van der Waals surface area contributed by atoms with Gasteiger partial charge in [-0.25, -0.2) is 9.37 Å². The Balaban J connectivity index is 1.63. The summed E-state index contributed by atoms with van der Waals surface area (Å²) in [4.78, 5) is 22.4. The average Bonchev–Trinajstić information content (AvgIpc) is 3.26. The van der Waals surface area contributed by atoms with Gasteiger partial charge in [-0.05, 0) is 55.5 Å². The van der Waals surface area contributed by atoms with E-state index in [1.165, 1.54) is 12.1 Å². The van der Waals surface area contributed by atoms with Crippen LogP contribution in [0, 0.1) is 5.82 Å². The van der Waals surface area contributed by atoms with Gasteiger partial charge in [0.1, 0.15) is 11.6 Å². The molecule has 2 aliphatic heterocycles. The molecule has 1 fully saturated rings. The van der Waals surface area contributed by atoms with Gasteiger partial charge in [0, 0.05) is 25.0 Å². The van der Waals surface area contributed by atoms with Crippen molar-refractivity contribution in [2.24, 2.45) is 0 Å². The van der Waals surface area contributed by atoms with Crippen LogP contribution in [-0.4, -0.2) is 30.5 Å². The van der Waals surface area contributed by atoms with Crippen LogP contribution in [0.15, 0.2) is 48.5 Å². The van der Waals surface area contributed by atoms with E-state index in [0.29, 0.717) is 17.8 Å². The Labute approximate surface area is 163 Å². The first kappa shape index (κ1) is 17.2. The van der Waals surface area contributed by atoms with Crippen molar-refractivity contribution < 1.29 is 9.18 Å². The number of amides is 1. The Morgan fingerprint density at radius 3 is 2.64 bits per heavy atom. The fourth-order valence-electron chi connectivity index (χ4n) is 4.34. The highest BCUT2D eigenvalue weighted by molar-refractivity contribution is 6.11. The number of carbonyl (C=O) groups excluding carboxylic acids is 1. The summed E-state index contributed by atoms with van der Waals surface area (Å²) in [6.45, 7) is 2.43. The highest BCUT2D eigenvalue weighted by Gasteiger charge is 2.29. The van der Waals surface area contributed by atoms with Crippen molar-refractivity contribution in [2.75, 3.05) is 29.4 Å². The quantitative estimate of drug-likeness (QED) is 0.658. The lowest BCUT2D eigenvalue weighted by Gasteiger charge is -2.31. The lowest BCUT2D eigenvalue weighted by atomic mass is 10.00. The average molecular weight is 375 g/mol. The Bertz CT molecular complexity index is 1060. The van der Waals surface area contributed by atoms with Crippen LogP contribution in [0.25, 0.3) is 10.9 Å². The number of aromatic nitrogens is 1. The minimum atomic E-state index is -0.310. The first-order valence-electron chi connectivity index (χ1n) is 9.96. The van der Waals surface area contributed by atoms with Crippen LogP contribution in [0.1, 0.15) is 35.2 Å². The second-order valence-electron chi connectivity index (χ2n) is 7.58. The standard InChI is InChI=1S/C23H22FN3O/c24-18-10-9-16-7-5-13-27(21(16)15-18)23(28)19-14-17-6-1-2-8-20(17)25-22(19)26-11-3-4-12-26/h1-2,6,8-10,14-15H,3-5,7,11-13H2. The SMILES string of the molecule is O=C(c1cc2ccccc2nc1N1CCCC1)N1CCCc2ccc(F)cc21. The molecular formula is C23H22FN3O. The fourth-order valence-corrected chi connectivity index (χ4v) is 4.34. The Morgan fingerprint density at radius 1 is 0.964 bits per heavy atom. The Hall–Kier alpha value is -2.95. The molecular weight excluding hydrogens is 353 g/mol. The smallest absolute Gasteiger partial charge is 0.262 e. The van der Waals surface area contributed by atoms with E-state index in [-0.39, 0.29) is 11.7 Å². The van der Waals surface area contributed by atoms with Gasteiger partial charge in [-0.1, -0.05) is 24.3 Å². The Kier molecular flexibility index (Phi) is 4.23. The summed E-state index contributed by atoms with van der Waals surface area (Å²) in [5.74, 6) is 0.353. The molecule has 5 rings (SSSR count). The highest BCUT2D eigenvalue weighted by Crippen LogP contribution is 2.33. The Morgan fingerprint density at radius 2 is 1.79 bits per heavy atom. The van der Waals surface area contributed by atoms with E-state index in [4.69, 9.17) is 4.98 Å². The normalized spacial score (nSPS) is 16.5. The van der Waals surface area contributed by atoms with Gasteiger partial charge in [0.15, 0.2) is 0 Å². The summed E-state index contributed by atoms with van der Waals surface area (Å²) in [5, 5.41) is 0.949. The maximum Gasteiger partial charge on any atom is 0.262 e. The minimum Gasteiger partial charge on any atom is -0.356 e. The summed E-state index contributed by atoms with van der Waals surface area (Å²) in [7, 11) is 0. The van der Waals surface area contributed by atoms with Crippen molar-refractivity contribution >= 4 is 28.3 Å². The molecule has 0 atom stereocenters. The van der Waals surface area contributed by atoms with Crippen LogP contribution in [0.5, 0.6) is 0 Å². The second kappa shape index (κ2) is 6.89. The second-order valence-corrected chi connectivity index (χ2v) is 7.58. The minimum absolute atomic E-state index is 0.0910. The molecule has 0 bridgehead atoms. The third-order valence-corrected chi connectivity index (χ3v) is 5.75. The van der Waals surface area contributed by atoms with Gasteiger partial charge >= 0.3 is 0 Å². The first-order valence-corrected chi connectivity index (χ1v) is 9.96. The van der Waals surface area contributed by atoms with Crippen molar-refractivity contribution in [3.05, 3.63) is 65.5 Å². The number of benzene rings is 2. The number of pyridine rings is 1. The van der Waals surface area contributed by atoms with Crippen LogP contribution in [0.2, 0.25) is 0 Å². The molecule has 142 valence electrons. The molecule has 28 heavy (non-hydrogen) atoms. The monoisotopic (exact) mass is 375 g/mol. The summed E-state index contributed by atoms with van der Waals surface area (Å²) >= 11 is 0. The number of carbonyl (C=O) groups is 1. The topological polar surface area (TPSA) is 36.4 Å².